The maximum absolute atomic E-state index is 12.9. The Morgan fingerprint density at radius 3 is 2.62 bits per heavy atom. The predicted molar refractivity (Wildman–Crippen MR) is 108 cm³/mol. The average molecular weight is 393 g/mol. The summed E-state index contributed by atoms with van der Waals surface area (Å²) in [5.74, 6) is 0.457. The van der Waals surface area contributed by atoms with Crippen LogP contribution in [0.3, 0.4) is 0 Å². The van der Waals surface area contributed by atoms with Crippen molar-refractivity contribution in [2.75, 3.05) is 10.6 Å². The first-order valence-electron chi connectivity index (χ1n) is 9.79. The molecule has 29 heavy (non-hydrogen) atoms. The van der Waals surface area contributed by atoms with E-state index in [1.807, 2.05) is 28.8 Å². The maximum Gasteiger partial charge on any atom is 0.291 e. The first-order valence-corrected chi connectivity index (χ1v) is 9.79. The van der Waals surface area contributed by atoms with Crippen LogP contribution in [0, 0.1) is 6.92 Å². The highest BCUT2D eigenvalue weighted by Crippen LogP contribution is 2.23. The summed E-state index contributed by atoms with van der Waals surface area (Å²) >= 11 is 0. The average Bonchev–Trinajstić information content (AvgIpc) is 3.32. The van der Waals surface area contributed by atoms with Gasteiger partial charge in [0, 0.05) is 18.3 Å². The van der Waals surface area contributed by atoms with Gasteiger partial charge in [-0.25, -0.2) is 4.98 Å². The summed E-state index contributed by atoms with van der Waals surface area (Å²) in [5, 5.41) is 9.36. The van der Waals surface area contributed by atoms with Crippen LogP contribution in [0.15, 0.2) is 34.9 Å². The standard InChI is InChI=1S/C21H23N5O3/c1-3-14-7-9-15(10-8-14)22-21(28)19-24-18(16-6-4-5-11-26(16)19)20(27)23-17-12-13(2)29-25-17/h7-10,12H,3-6,11H2,1-2H3,(H,22,28)(H,23,25,27). The Kier molecular flexibility index (Phi) is 5.16. The third-order valence-electron chi connectivity index (χ3n) is 5.03. The van der Waals surface area contributed by atoms with Gasteiger partial charge in [-0.3, -0.25) is 9.59 Å². The zero-order valence-electron chi connectivity index (χ0n) is 16.5. The molecule has 150 valence electrons. The fourth-order valence-electron chi connectivity index (χ4n) is 3.51. The lowest BCUT2D eigenvalue weighted by atomic mass is 10.1. The molecule has 3 heterocycles. The van der Waals surface area contributed by atoms with E-state index in [0.29, 0.717) is 30.2 Å². The van der Waals surface area contributed by atoms with Crippen LogP contribution in [0.25, 0.3) is 0 Å². The molecule has 8 nitrogen and oxygen atoms in total. The summed E-state index contributed by atoms with van der Waals surface area (Å²) in [4.78, 5) is 30.0. The highest BCUT2D eigenvalue weighted by molar-refractivity contribution is 6.06. The van der Waals surface area contributed by atoms with E-state index in [0.717, 1.165) is 25.0 Å². The Morgan fingerprint density at radius 2 is 1.93 bits per heavy atom. The summed E-state index contributed by atoms with van der Waals surface area (Å²) < 4.78 is 6.84. The number of fused-ring (bicyclic) bond motifs is 1. The Bertz CT molecular complexity index is 1050. The summed E-state index contributed by atoms with van der Waals surface area (Å²) in [6.07, 6.45) is 3.53. The monoisotopic (exact) mass is 393 g/mol. The first kappa shape index (κ1) is 18.9. The van der Waals surface area contributed by atoms with Crippen molar-refractivity contribution < 1.29 is 14.1 Å². The molecule has 1 aliphatic heterocycles. The number of benzene rings is 1. The Labute approximate surface area is 168 Å². The van der Waals surface area contributed by atoms with Crippen molar-refractivity contribution in [1.29, 1.82) is 0 Å². The molecule has 0 bridgehead atoms. The van der Waals surface area contributed by atoms with Gasteiger partial charge in [0.1, 0.15) is 5.76 Å². The molecule has 0 saturated carbocycles. The molecule has 1 aromatic carbocycles. The molecule has 1 aliphatic rings. The number of nitrogens with one attached hydrogen (secondary N) is 2. The lowest BCUT2D eigenvalue weighted by Gasteiger charge is -2.17. The van der Waals surface area contributed by atoms with Gasteiger partial charge < -0.3 is 19.7 Å². The quantitative estimate of drug-likeness (QED) is 0.690. The van der Waals surface area contributed by atoms with Crippen molar-refractivity contribution in [3.63, 3.8) is 0 Å². The van der Waals surface area contributed by atoms with E-state index in [4.69, 9.17) is 4.52 Å². The Balaban J connectivity index is 1.59. The van der Waals surface area contributed by atoms with Crippen LogP contribution in [-0.4, -0.2) is 26.5 Å². The minimum absolute atomic E-state index is 0.251. The molecule has 0 atom stereocenters. The number of aromatic nitrogens is 3. The molecule has 0 unspecified atom stereocenters. The number of hydrogen-bond acceptors (Lipinski definition) is 5. The number of anilines is 2. The highest BCUT2D eigenvalue weighted by atomic mass is 16.5. The minimum Gasteiger partial charge on any atom is -0.360 e. The highest BCUT2D eigenvalue weighted by Gasteiger charge is 2.28. The Hall–Kier alpha value is -3.42. The van der Waals surface area contributed by atoms with Gasteiger partial charge in [-0.15, -0.1) is 0 Å². The fourth-order valence-corrected chi connectivity index (χ4v) is 3.51. The van der Waals surface area contributed by atoms with Crippen LogP contribution in [0.2, 0.25) is 0 Å². The third kappa shape index (κ3) is 3.91. The molecule has 0 spiro atoms. The molecule has 2 N–H and O–H groups in total. The van der Waals surface area contributed by atoms with Gasteiger partial charge in [0.25, 0.3) is 11.8 Å². The van der Waals surface area contributed by atoms with Gasteiger partial charge in [0.05, 0.1) is 5.69 Å². The molecular formula is C21H23N5O3. The second-order valence-electron chi connectivity index (χ2n) is 7.12. The minimum atomic E-state index is -0.393. The van der Waals surface area contributed by atoms with E-state index >= 15 is 0 Å². The molecule has 0 fully saturated rings. The van der Waals surface area contributed by atoms with Crippen LogP contribution in [0.5, 0.6) is 0 Å². The topological polar surface area (TPSA) is 102 Å². The largest absolute Gasteiger partial charge is 0.360 e. The number of hydrogen-bond donors (Lipinski definition) is 2. The molecule has 0 aliphatic carbocycles. The number of aryl methyl sites for hydroxylation is 2. The van der Waals surface area contributed by atoms with Gasteiger partial charge in [-0.2, -0.15) is 0 Å². The molecule has 4 rings (SSSR count). The number of carbonyl (C=O) groups is 2. The van der Waals surface area contributed by atoms with E-state index in [2.05, 4.69) is 27.7 Å². The zero-order chi connectivity index (χ0) is 20.4. The van der Waals surface area contributed by atoms with Crippen molar-refractivity contribution in [1.82, 2.24) is 14.7 Å². The SMILES string of the molecule is CCc1ccc(NC(=O)c2nc(C(=O)Nc3cc(C)on3)c3n2CCCC3)cc1. The van der Waals surface area contributed by atoms with Crippen molar-refractivity contribution in [2.45, 2.75) is 46.1 Å². The smallest absolute Gasteiger partial charge is 0.291 e. The number of rotatable bonds is 5. The summed E-state index contributed by atoms with van der Waals surface area (Å²) in [6.45, 7) is 4.49. The number of imidazole rings is 1. The number of carbonyl (C=O) groups excluding carboxylic acids is 2. The normalized spacial score (nSPS) is 13.0. The molecule has 0 radical (unpaired) electrons. The van der Waals surface area contributed by atoms with Crippen molar-refractivity contribution in [2.24, 2.45) is 0 Å². The Morgan fingerprint density at radius 1 is 1.14 bits per heavy atom. The number of nitrogens with zero attached hydrogens (tertiary/aromatic N) is 3. The number of amides is 2. The maximum atomic E-state index is 12.9. The van der Waals surface area contributed by atoms with Crippen LogP contribution in [0.1, 0.15) is 57.9 Å². The zero-order valence-corrected chi connectivity index (χ0v) is 16.5. The lowest BCUT2D eigenvalue weighted by Crippen LogP contribution is -2.21. The van der Waals surface area contributed by atoms with Crippen LogP contribution in [0.4, 0.5) is 11.5 Å². The van der Waals surface area contributed by atoms with E-state index in [1.165, 1.54) is 5.56 Å². The summed E-state index contributed by atoms with van der Waals surface area (Å²) in [7, 11) is 0. The van der Waals surface area contributed by atoms with Gasteiger partial charge >= 0.3 is 0 Å². The molecule has 2 aromatic heterocycles. The lowest BCUT2D eigenvalue weighted by molar-refractivity contribution is 0.101. The predicted octanol–water partition coefficient (Wildman–Crippen LogP) is 3.58. The second kappa shape index (κ2) is 7.90. The van der Waals surface area contributed by atoms with Crippen LogP contribution >= 0.6 is 0 Å². The van der Waals surface area contributed by atoms with E-state index in [9.17, 15) is 9.59 Å². The van der Waals surface area contributed by atoms with Crippen molar-refractivity contribution >= 4 is 23.3 Å². The van der Waals surface area contributed by atoms with Gasteiger partial charge in [0.15, 0.2) is 17.3 Å². The molecule has 2 amide bonds. The van der Waals surface area contributed by atoms with E-state index in [1.54, 1.807) is 13.0 Å². The molecular weight excluding hydrogens is 370 g/mol. The van der Waals surface area contributed by atoms with Crippen LogP contribution in [-0.2, 0) is 19.4 Å². The van der Waals surface area contributed by atoms with Gasteiger partial charge in [-0.1, -0.05) is 24.2 Å². The second-order valence-corrected chi connectivity index (χ2v) is 7.12. The summed E-state index contributed by atoms with van der Waals surface area (Å²) in [5.41, 5.74) is 2.94. The van der Waals surface area contributed by atoms with E-state index < -0.39 is 5.91 Å². The van der Waals surface area contributed by atoms with Crippen molar-refractivity contribution in [3.05, 3.63) is 58.9 Å². The summed E-state index contributed by atoms with van der Waals surface area (Å²) in [6, 6.07) is 9.34. The third-order valence-corrected chi connectivity index (χ3v) is 5.03. The first-order chi connectivity index (χ1) is 14.0. The molecule has 8 heteroatoms. The van der Waals surface area contributed by atoms with Crippen LogP contribution < -0.4 is 10.6 Å². The van der Waals surface area contributed by atoms with Gasteiger partial charge in [0.2, 0.25) is 0 Å². The van der Waals surface area contributed by atoms with E-state index in [-0.39, 0.29) is 17.4 Å². The fraction of sp³-hybridized carbons (Fsp3) is 0.333. The van der Waals surface area contributed by atoms with Gasteiger partial charge in [-0.05, 0) is 50.3 Å². The molecule has 0 saturated heterocycles. The molecule has 3 aromatic rings. The van der Waals surface area contributed by atoms with Crippen molar-refractivity contribution in [3.8, 4) is 0 Å².